The zero-order valence-corrected chi connectivity index (χ0v) is 18.2. The topological polar surface area (TPSA) is 36.3 Å². The maximum Gasteiger partial charge on any atom is 0.125 e. The summed E-state index contributed by atoms with van der Waals surface area (Å²) in [6, 6.07) is 18.8. The SMILES string of the molecule is CCCC(C)OC(=CC(C)OCc1ccccc1)c1ccc(Cn2ccnc2)cc1. The van der Waals surface area contributed by atoms with Crippen LogP contribution in [0, 0.1) is 0 Å². The van der Waals surface area contributed by atoms with Crippen molar-refractivity contribution in [2.45, 2.75) is 59.0 Å². The van der Waals surface area contributed by atoms with Gasteiger partial charge in [-0.2, -0.15) is 0 Å². The zero-order valence-electron chi connectivity index (χ0n) is 18.2. The third kappa shape index (κ3) is 6.89. The van der Waals surface area contributed by atoms with Gasteiger partial charge in [0.15, 0.2) is 0 Å². The Hall–Kier alpha value is -2.85. The molecule has 0 aliphatic rings. The number of rotatable bonds is 11. The van der Waals surface area contributed by atoms with Crippen LogP contribution in [0.3, 0.4) is 0 Å². The summed E-state index contributed by atoms with van der Waals surface area (Å²) < 4.78 is 14.4. The van der Waals surface area contributed by atoms with Crippen molar-refractivity contribution < 1.29 is 9.47 Å². The zero-order chi connectivity index (χ0) is 21.2. The fourth-order valence-electron chi connectivity index (χ4n) is 3.31. The first-order valence-corrected chi connectivity index (χ1v) is 10.7. The van der Waals surface area contributed by atoms with Gasteiger partial charge in [-0.3, -0.25) is 0 Å². The van der Waals surface area contributed by atoms with Gasteiger partial charge in [-0.25, -0.2) is 4.98 Å². The highest BCUT2D eigenvalue weighted by atomic mass is 16.5. The molecule has 0 saturated heterocycles. The molecule has 2 atom stereocenters. The van der Waals surface area contributed by atoms with E-state index in [-0.39, 0.29) is 12.2 Å². The quantitative estimate of drug-likeness (QED) is 0.363. The van der Waals surface area contributed by atoms with Crippen LogP contribution in [-0.2, 0) is 22.6 Å². The number of benzene rings is 2. The molecule has 3 aromatic rings. The highest BCUT2D eigenvalue weighted by Gasteiger charge is 2.11. The van der Waals surface area contributed by atoms with Crippen molar-refractivity contribution in [3.8, 4) is 0 Å². The van der Waals surface area contributed by atoms with E-state index in [9.17, 15) is 0 Å². The molecule has 1 aromatic heterocycles. The van der Waals surface area contributed by atoms with Crippen LogP contribution in [0.2, 0.25) is 0 Å². The first-order valence-electron chi connectivity index (χ1n) is 10.7. The van der Waals surface area contributed by atoms with E-state index in [2.05, 4.69) is 72.8 Å². The summed E-state index contributed by atoms with van der Waals surface area (Å²) in [4.78, 5) is 4.11. The van der Waals surface area contributed by atoms with Gasteiger partial charge in [-0.1, -0.05) is 67.9 Å². The molecular formula is C26H32N2O2. The molecule has 158 valence electrons. The molecule has 0 fully saturated rings. The van der Waals surface area contributed by atoms with E-state index in [1.807, 2.05) is 30.7 Å². The molecule has 30 heavy (non-hydrogen) atoms. The van der Waals surface area contributed by atoms with E-state index in [1.54, 1.807) is 6.20 Å². The van der Waals surface area contributed by atoms with Crippen LogP contribution < -0.4 is 0 Å². The van der Waals surface area contributed by atoms with Gasteiger partial charge in [0.1, 0.15) is 5.76 Å². The first-order chi connectivity index (χ1) is 14.6. The molecule has 0 radical (unpaired) electrons. The maximum absolute atomic E-state index is 6.31. The van der Waals surface area contributed by atoms with E-state index in [4.69, 9.17) is 9.47 Å². The largest absolute Gasteiger partial charge is 0.490 e. The highest BCUT2D eigenvalue weighted by Crippen LogP contribution is 2.22. The van der Waals surface area contributed by atoms with E-state index >= 15 is 0 Å². The molecule has 0 aliphatic carbocycles. The Balaban J connectivity index is 1.71. The van der Waals surface area contributed by atoms with Crippen LogP contribution in [0.25, 0.3) is 5.76 Å². The van der Waals surface area contributed by atoms with Crippen molar-refractivity contribution >= 4 is 5.76 Å². The van der Waals surface area contributed by atoms with E-state index in [0.717, 1.165) is 30.7 Å². The van der Waals surface area contributed by atoms with Gasteiger partial charge in [0, 0.05) is 24.5 Å². The van der Waals surface area contributed by atoms with Gasteiger partial charge in [0.25, 0.3) is 0 Å². The molecule has 0 bridgehead atoms. The maximum atomic E-state index is 6.31. The first kappa shape index (κ1) is 21.8. The second-order valence-corrected chi connectivity index (χ2v) is 7.68. The second-order valence-electron chi connectivity index (χ2n) is 7.68. The van der Waals surface area contributed by atoms with Crippen molar-refractivity contribution in [1.29, 1.82) is 0 Å². The third-order valence-corrected chi connectivity index (χ3v) is 4.93. The van der Waals surface area contributed by atoms with Crippen molar-refractivity contribution in [1.82, 2.24) is 9.55 Å². The molecule has 1 heterocycles. The van der Waals surface area contributed by atoms with Crippen molar-refractivity contribution in [3.63, 3.8) is 0 Å². The summed E-state index contributed by atoms with van der Waals surface area (Å²) >= 11 is 0. The summed E-state index contributed by atoms with van der Waals surface area (Å²) in [5, 5.41) is 0. The van der Waals surface area contributed by atoms with Gasteiger partial charge < -0.3 is 14.0 Å². The van der Waals surface area contributed by atoms with Crippen LogP contribution in [0.5, 0.6) is 0 Å². The fourth-order valence-corrected chi connectivity index (χ4v) is 3.31. The molecule has 0 amide bonds. The monoisotopic (exact) mass is 404 g/mol. The lowest BCUT2D eigenvalue weighted by molar-refractivity contribution is 0.0814. The lowest BCUT2D eigenvalue weighted by Crippen LogP contribution is -2.11. The van der Waals surface area contributed by atoms with Gasteiger partial charge in [-0.05, 0) is 37.5 Å². The van der Waals surface area contributed by atoms with E-state index in [0.29, 0.717) is 6.61 Å². The van der Waals surface area contributed by atoms with Crippen LogP contribution in [0.1, 0.15) is 50.3 Å². The molecule has 4 heteroatoms. The predicted octanol–water partition coefficient (Wildman–Crippen LogP) is 6.08. The summed E-state index contributed by atoms with van der Waals surface area (Å²) in [5.74, 6) is 0.880. The molecular weight excluding hydrogens is 372 g/mol. The second kappa shape index (κ2) is 11.4. The van der Waals surface area contributed by atoms with E-state index in [1.165, 1.54) is 11.1 Å². The minimum Gasteiger partial charge on any atom is -0.490 e. The van der Waals surface area contributed by atoms with Crippen LogP contribution in [-0.4, -0.2) is 21.8 Å². The summed E-state index contributed by atoms with van der Waals surface area (Å²) in [6.07, 6.45) is 9.91. The Morgan fingerprint density at radius 2 is 1.80 bits per heavy atom. The third-order valence-electron chi connectivity index (χ3n) is 4.93. The molecule has 4 nitrogen and oxygen atoms in total. The molecule has 2 unspecified atom stereocenters. The number of aromatic nitrogens is 2. The Morgan fingerprint density at radius 3 is 2.47 bits per heavy atom. The van der Waals surface area contributed by atoms with Gasteiger partial charge >= 0.3 is 0 Å². The normalized spacial score (nSPS) is 13.8. The highest BCUT2D eigenvalue weighted by molar-refractivity contribution is 5.60. The lowest BCUT2D eigenvalue weighted by Gasteiger charge is -2.19. The fraction of sp³-hybridized carbons (Fsp3) is 0.346. The number of imidazole rings is 1. The molecule has 2 aromatic carbocycles. The van der Waals surface area contributed by atoms with Crippen LogP contribution >= 0.6 is 0 Å². The van der Waals surface area contributed by atoms with E-state index < -0.39 is 0 Å². The minimum absolute atomic E-state index is 0.0559. The number of hydrogen-bond donors (Lipinski definition) is 0. The Kier molecular flexibility index (Phi) is 8.28. The molecule has 0 spiro atoms. The Morgan fingerprint density at radius 1 is 1.03 bits per heavy atom. The summed E-state index contributed by atoms with van der Waals surface area (Å²) in [6.45, 7) is 7.76. The van der Waals surface area contributed by atoms with Gasteiger partial charge in [-0.15, -0.1) is 0 Å². The van der Waals surface area contributed by atoms with Crippen molar-refractivity contribution in [2.24, 2.45) is 0 Å². The molecule has 0 aliphatic heterocycles. The number of hydrogen-bond acceptors (Lipinski definition) is 3. The average molecular weight is 405 g/mol. The predicted molar refractivity (Wildman–Crippen MR) is 122 cm³/mol. The van der Waals surface area contributed by atoms with Crippen LogP contribution in [0.4, 0.5) is 0 Å². The number of nitrogens with zero attached hydrogens (tertiary/aromatic N) is 2. The minimum atomic E-state index is -0.0559. The molecule has 3 rings (SSSR count). The Labute approximate surface area is 180 Å². The lowest BCUT2D eigenvalue weighted by atomic mass is 10.1. The van der Waals surface area contributed by atoms with Gasteiger partial charge in [0.05, 0.1) is 25.1 Å². The summed E-state index contributed by atoms with van der Waals surface area (Å²) in [7, 11) is 0. The molecule has 0 saturated carbocycles. The van der Waals surface area contributed by atoms with Crippen molar-refractivity contribution in [2.75, 3.05) is 0 Å². The van der Waals surface area contributed by atoms with Gasteiger partial charge in [0.2, 0.25) is 0 Å². The van der Waals surface area contributed by atoms with Crippen LogP contribution in [0.15, 0.2) is 79.4 Å². The van der Waals surface area contributed by atoms with Crippen molar-refractivity contribution in [3.05, 3.63) is 96.1 Å². The summed E-state index contributed by atoms with van der Waals surface area (Å²) in [5.41, 5.74) is 3.47. The number of ether oxygens (including phenoxy) is 2. The standard InChI is InChI=1S/C26H32N2O2/c1-4-8-21(2)30-26(17-22(3)29-19-24-9-6-5-7-10-24)25-13-11-23(12-14-25)18-28-16-15-27-20-28/h5-7,9-17,20-22H,4,8,18-19H2,1-3H3. The molecule has 0 N–H and O–H groups in total. The Bertz CT molecular complexity index is 887. The smallest absolute Gasteiger partial charge is 0.125 e. The average Bonchev–Trinajstić information content (AvgIpc) is 3.26.